The Kier molecular flexibility index (Phi) is 5.20. The quantitative estimate of drug-likeness (QED) is 0.489. The van der Waals surface area contributed by atoms with E-state index in [0.717, 1.165) is 45.6 Å². The van der Waals surface area contributed by atoms with Gasteiger partial charge in [-0.15, -0.1) is 10.2 Å². The summed E-state index contributed by atoms with van der Waals surface area (Å²) in [7, 11) is 1.67. The van der Waals surface area contributed by atoms with Gasteiger partial charge < -0.3 is 10.1 Å². The molecule has 0 spiro atoms. The van der Waals surface area contributed by atoms with Crippen molar-refractivity contribution in [2.75, 3.05) is 12.4 Å². The van der Waals surface area contributed by atoms with Gasteiger partial charge in [-0.05, 0) is 29.7 Å². The Morgan fingerprint density at radius 2 is 1.46 bits per heavy atom. The lowest BCUT2D eigenvalue weighted by Gasteiger charge is -2.12. The first kappa shape index (κ1) is 18.0. The van der Waals surface area contributed by atoms with Gasteiger partial charge in [-0.2, -0.15) is 0 Å². The van der Waals surface area contributed by atoms with Crippen LogP contribution in [-0.4, -0.2) is 17.3 Å². The second-order valence-electron chi connectivity index (χ2n) is 6.69. The molecule has 0 aliphatic heterocycles. The van der Waals surface area contributed by atoms with Crippen molar-refractivity contribution < 1.29 is 4.74 Å². The molecule has 0 aliphatic carbocycles. The number of methoxy groups -OCH3 is 1. The Labute approximate surface area is 165 Å². The van der Waals surface area contributed by atoms with Crippen LogP contribution in [0.3, 0.4) is 0 Å². The van der Waals surface area contributed by atoms with E-state index in [1.165, 1.54) is 5.56 Å². The number of ether oxygens (including phenoxy) is 1. The summed E-state index contributed by atoms with van der Waals surface area (Å²) >= 11 is 0. The first-order valence-electron chi connectivity index (χ1n) is 9.50. The Bertz CT molecular complexity index is 1070. The van der Waals surface area contributed by atoms with Crippen LogP contribution in [0, 0.1) is 0 Å². The van der Waals surface area contributed by atoms with Gasteiger partial charge in [0.25, 0.3) is 0 Å². The molecule has 0 unspecified atom stereocenters. The summed E-state index contributed by atoms with van der Waals surface area (Å²) < 4.78 is 5.22. The number of nitrogens with zero attached hydrogens (tertiary/aromatic N) is 2. The number of rotatable bonds is 6. The maximum absolute atomic E-state index is 5.22. The van der Waals surface area contributed by atoms with Crippen LogP contribution in [0.4, 0.5) is 5.82 Å². The predicted molar refractivity (Wildman–Crippen MR) is 115 cm³/mol. The Morgan fingerprint density at radius 3 is 2.14 bits per heavy atom. The minimum Gasteiger partial charge on any atom is -0.497 e. The molecule has 4 heteroatoms. The monoisotopic (exact) mass is 369 g/mol. The number of hydrogen-bond acceptors (Lipinski definition) is 4. The summed E-state index contributed by atoms with van der Waals surface area (Å²) in [6, 6.07) is 24.8. The van der Waals surface area contributed by atoms with Gasteiger partial charge in [0.1, 0.15) is 11.4 Å². The fourth-order valence-electron chi connectivity index (χ4n) is 3.28. The smallest absolute Gasteiger partial charge is 0.156 e. The standard InChI is InChI=1S/C24H23N3O/c1-3-17-8-12-19(13-9-17)23-21-6-4-5-7-22(21)24(27-26-23)25-16-18-10-14-20(28-2)15-11-18/h4-15H,3,16H2,1-2H3,(H,25,27). The van der Waals surface area contributed by atoms with Crippen molar-refractivity contribution in [3.63, 3.8) is 0 Å². The van der Waals surface area contributed by atoms with Crippen LogP contribution >= 0.6 is 0 Å². The predicted octanol–water partition coefficient (Wildman–Crippen LogP) is 5.48. The van der Waals surface area contributed by atoms with Crippen LogP contribution in [0.15, 0.2) is 72.8 Å². The van der Waals surface area contributed by atoms with Crippen LogP contribution in [0.25, 0.3) is 22.0 Å². The summed E-state index contributed by atoms with van der Waals surface area (Å²) in [5, 5.41) is 14.6. The highest BCUT2D eigenvalue weighted by atomic mass is 16.5. The molecule has 4 nitrogen and oxygen atoms in total. The molecule has 1 N–H and O–H groups in total. The zero-order chi connectivity index (χ0) is 19.3. The van der Waals surface area contributed by atoms with E-state index in [-0.39, 0.29) is 0 Å². The number of benzene rings is 3. The average Bonchev–Trinajstić information content (AvgIpc) is 2.78. The van der Waals surface area contributed by atoms with Gasteiger partial charge in [-0.25, -0.2) is 0 Å². The molecule has 140 valence electrons. The normalized spacial score (nSPS) is 10.8. The first-order valence-corrected chi connectivity index (χ1v) is 9.50. The molecular weight excluding hydrogens is 346 g/mol. The van der Waals surface area contributed by atoms with Gasteiger partial charge in [0.2, 0.25) is 0 Å². The SMILES string of the molecule is CCc1ccc(-c2nnc(NCc3ccc(OC)cc3)c3ccccc23)cc1. The van der Waals surface area contributed by atoms with E-state index >= 15 is 0 Å². The van der Waals surface area contributed by atoms with Crippen LogP contribution in [0.2, 0.25) is 0 Å². The lowest BCUT2D eigenvalue weighted by atomic mass is 10.0. The molecule has 0 aliphatic rings. The van der Waals surface area contributed by atoms with Crippen LogP contribution < -0.4 is 10.1 Å². The Morgan fingerprint density at radius 1 is 0.786 bits per heavy atom. The molecule has 0 amide bonds. The van der Waals surface area contributed by atoms with Gasteiger partial charge in [0, 0.05) is 22.9 Å². The number of anilines is 1. The number of nitrogens with one attached hydrogen (secondary N) is 1. The minimum absolute atomic E-state index is 0.674. The number of aromatic nitrogens is 2. The molecule has 0 bridgehead atoms. The molecule has 4 aromatic rings. The zero-order valence-corrected chi connectivity index (χ0v) is 16.1. The van der Waals surface area contributed by atoms with E-state index in [1.807, 2.05) is 36.4 Å². The van der Waals surface area contributed by atoms with Crippen LogP contribution in [0.5, 0.6) is 5.75 Å². The third kappa shape index (κ3) is 3.67. The van der Waals surface area contributed by atoms with Crippen molar-refractivity contribution in [2.45, 2.75) is 19.9 Å². The number of fused-ring (bicyclic) bond motifs is 1. The molecule has 3 aromatic carbocycles. The summed E-state index contributed by atoms with van der Waals surface area (Å²) in [4.78, 5) is 0. The first-order chi connectivity index (χ1) is 13.8. The molecular formula is C24H23N3O. The van der Waals surface area contributed by atoms with Crippen molar-refractivity contribution >= 4 is 16.6 Å². The highest BCUT2D eigenvalue weighted by Crippen LogP contribution is 2.30. The lowest BCUT2D eigenvalue weighted by Crippen LogP contribution is -2.04. The summed E-state index contributed by atoms with van der Waals surface area (Å²) in [6.45, 7) is 2.83. The van der Waals surface area contributed by atoms with Crippen LogP contribution in [0.1, 0.15) is 18.1 Å². The van der Waals surface area contributed by atoms with Crippen molar-refractivity contribution in [2.24, 2.45) is 0 Å². The largest absolute Gasteiger partial charge is 0.497 e. The molecule has 4 rings (SSSR count). The van der Waals surface area contributed by atoms with Crippen LogP contribution in [-0.2, 0) is 13.0 Å². The molecule has 0 fully saturated rings. The van der Waals surface area contributed by atoms with Crippen molar-refractivity contribution in [1.29, 1.82) is 0 Å². The highest BCUT2D eigenvalue weighted by molar-refractivity contribution is 6.00. The third-order valence-electron chi connectivity index (χ3n) is 4.94. The Hall–Kier alpha value is -3.40. The van der Waals surface area contributed by atoms with E-state index in [4.69, 9.17) is 4.74 Å². The number of aryl methyl sites for hydroxylation is 1. The fraction of sp³-hybridized carbons (Fsp3) is 0.167. The van der Waals surface area contributed by atoms with Gasteiger partial charge in [0.05, 0.1) is 7.11 Å². The Balaban J connectivity index is 1.64. The minimum atomic E-state index is 0.674. The van der Waals surface area contributed by atoms with Gasteiger partial charge in [-0.3, -0.25) is 0 Å². The fourth-order valence-corrected chi connectivity index (χ4v) is 3.28. The zero-order valence-electron chi connectivity index (χ0n) is 16.1. The van der Waals surface area contributed by atoms with E-state index in [9.17, 15) is 0 Å². The molecule has 28 heavy (non-hydrogen) atoms. The van der Waals surface area contributed by atoms with Gasteiger partial charge in [-0.1, -0.05) is 67.6 Å². The maximum Gasteiger partial charge on any atom is 0.156 e. The lowest BCUT2D eigenvalue weighted by molar-refractivity contribution is 0.414. The molecule has 0 radical (unpaired) electrons. The van der Waals surface area contributed by atoms with Crippen molar-refractivity contribution in [3.8, 4) is 17.0 Å². The second-order valence-corrected chi connectivity index (χ2v) is 6.69. The van der Waals surface area contributed by atoms with E-state index in [0.29, 0.717) is 6.54 Å². The molecule has 0 saturated carbocycles. The summed E-state index contributed by atoms with van der Waals surface area (Å²) in [5.41, 5.74) is 4.47. The topological polar surface area (TPSA) is 47.0 Å². The van der Waals surface area contributed by atoms with E-state index in [1.54, 1.807) is 7.11 Å². The van der Waals surface area contributed by atoms with Gasteiger partial charge >= 0.3 is 0 Å². The average molecular weight is 369 g/mol. The molecule has 0 saturated heterocycles. The van der Waals surface area contributed by atoms with Gasteiger partial charge in [0.15, 0.2) is 5.82 Å². The summed E-state index contributed by atoms with van der Waals surface area (Å²) in [6.07, 6.45) is 1.03. The molecule has 0 atom stereocenters. The second kappa shape index (κ2) is 8.09. The summed E-state index contributed by atoms with van der Waals surface area (Å²) in [5.74, 6) is 1.65. The van der Waals surface area contributed by atoms with E-state index in [2.05, 4.69) is 58.8 Å². The highest BCUT2D eigenvalue weighted by Gasteiger charge is 2.11. The third-order valence-corrected chi connectivity index (χ3v) is 4.94. The van der Waals surface area contributed by atoms with Crippen molar-refractivity contribution in [3.05, 3.63) is 83.9 Å². The molecule has 1 aromatic heterocycles. The van der Waals surface area contributed by atoms with Crippen molar-refractivity contribution in [1.82, 2.24) is 10.2 Å². The van der Waals surface area contributed by atoms with E-state index < -0.39 is 0 Å². The molecule has 1 heterocycles. The maximum atomic E-state index is 5.22. The number of hydrogen-bond donors (Lipinski definition) is 1.